The van der Waals surface area contributed by atoms with Crippen molar-refractivity contribution in [1.82, 2.24) is 14.8 Å². The molecule has 37 heavy (non-hydrogen) atoms. The number of pyridine rings is 1. The Morgan fingerprint density at radius 2 is 1.32 bits per heavy atom. The maximum atomic E-state index is 14.4. The number of hydrogen-bond acceptors (Lipinski definition) is 4. The maximum absolute atomic E-state index is 14.4. The highest BCUT2D eigenvalue weighted by atomic mass is 19.1. The largest absolute Gasteiger partial charge is 0.293 e. The lowest BCUT2D eigenvalue weighted by molar-refractivity contribution is 0.0849. The molecule has 0 aliphatic heterocycles. The van der Waals surface area contributed by atoms with E-state index < -0.39 is 11.2 Å². The fraction of sp³-hybridized carbons (Fsp3) is 0.677. The van der Waals surface area contributed by atoms with Gasteiger partial charge in [0.05, 0.1) is 17.3 Å². The zero-order chi connectivity index (χ0) is 28.8. The molecule has 2 aromatic heterocycles. The number of nitrogens with zero attached hydrogens (tertiary/aromatic N) is 3. The Morgan fingerprint density at radius 1 is 0.784 bits per heavy atom. The van der Waals surface area contributed by atoms with Gasteiger partial charge in [0.15, 0.2) is 11.6 Å². The van der Waals surface area contributed by atoms with Gasteiger partial charge >= 0.3 is 0 Å². The summed E-state index contributed by atoms with van der Waals surface area (Å²) in [6.45, 7) is 25.2. The monoisotopic (exact) mass is 515 g/mol. The van der Waals surface area contributed by atoms with Crippen molar-refractivity contribution in [2.24, 2.45) is 21.7 Å². The summed E-state index contributed by atoms with van der Waals surface area (Å²) in [6.07, 6.45) is 10.0. The molecule has 0 saturated carbocycles. The number of halogens is 1. The zero-order valence-electron chi connectivity index (χ0n) is 25.4. The van der Waals surface area contributed by atoms with E-state index in [4.69, 9.17) is 0 Å². The van der Waals surface area contributed by atoms with Crippen LogP contribution in [0.15, 0.2) is 24.8 Å². The predicted molar refractivity (Wildman–Crippen MR) is 150 cm³/mol. The summed E-state index contributed by atoms with van der Waals surface area (Å²) in [7, 11) is 0. The van der Waals surface area contributed by atoms with Crippen molar-refractivity contribution in [3.63, 3.8) is 0 Å². The molecule has 208 valence electrons. The molecule has 0 unspecified atom stereocenters. The van der Waals surface area contributed by atoms with Crippen LogP contribution in [0, 0.1) is 27.5 Å². The molecule has 6 heteroatoms. The summed E-state index contributed by atoms with van der Waals surface area (Å²) in [5, 5.41) is 4.25. The molecular formula is C31H50FN3O2. The number of aryl methyl sites for hydroxylation is 2. The summed E-state index contributed by atoms with van der Waals surface area (Å²) in [5.74, 6) is -0.437. The van der Waals surface area contributed by atoms with E-state index in [0.29, 0.717) is 23.0 Å². The van der Waals surface area contributed by atoms with Gasteiger partial charge in [-0.3, -0.25) is 19.3 Å². The zero-order valence-corrected chi connectivity index (χ0v) is 25.4. The Kier molecular flexibility index (Phi) is 11.0. The average Bonchev–Trinajstić information content (AvgIpc) is 3.19. The minimum Gasteiger partial charge on any atom is -0.293 e. The number of carbonyl (C=O) groups excluding carboxylic acids is 2. The topological polar surface area (TPSA) is 64.8 Å². The minimum atomic E-state index is -0.591. The van der Waals surface area contributed by atoms with Crippen LogP contribution in [0.2, 0.25) is 0 Å². The second-order valence-corrected chi connectivity index (χ2v) is 14.5. The van der Waals surface area contributed by atoms with Crippen LogP contribution in [0.4, 0.5) is 4.39 Å². The lowest BCUT2D eigenvalue weighted by Gasteiger charge is -2.19. The van der Waals surface area contributed by atoms with Crippen LogP contribution in [-0.2, 0) is 13.0 Å². The first-order valence-electron chi connectivity index (χ1n) is 13.4. The minimum absolute atomic E-state index is 0.116. The molecular weight excluding hydrogens is 465 g/mol. The molecule has 2 heterocycles. The third kappa shape index (κ3) is 11.7. The molecule has 2 aromatic rings. The molecule has 2 rings (SSSR count). The van der Waals surface area contributed by atoms with Crippen LogP contribution in [0.25, 0.3) is 0 Å². The fourth-order valence-electron chi connectivity index (χ4n) is 3.52. The van der Waals surface area contributed by atoms with Crippen molar-refractivity contribution in [1.29, 1.82) is 0 Å². The van der Waals surface area contributed by atoms with Gasteiger partial charge in [0.25, 0.3) is 0 Å². The smallest absolute Gasteiger partial charge is 0.172 e. The highest BCUT2D eigenvalue weighted by Crippen LogP contribution is 2.26. The summed E-state index contributed by atoms with van der Waals surface area (Å²) >= 11 is 0. The molecule has 0 N–H and O–H groups in total. The molecule has 0 saturated heterocycles. The average molecular weight is 516 g/mol. The van der Waals surface area contributed by atoms with Crippen molar-refractivity contribution in [3.05, 3.63) is 47.3 Å². The Labute approximate surface area is 224 Å². The van der Waals surface area contributed by atoms with E-state index in [1.54, 1.807) is 27.0 Å². The van der Waals surface area contributed by atoms with Crippen LogP contribution in [0.3, 0.4) is 0 Å². The highest BCUT2D eigenvalue weighted by Gasteiger charge is 2.27. The first-order valence-corrected chi connectivity index (χ1v) is 13.4. The van der Waals surface area contributed by atoms with Gasteiger partial charge in [0.2, 0.25) is 0 Å². The molecule has 0 atom stereocenters. The third-order valence-corrected chi connectivity index (χ3v) is 5.92. The Balaban J connectivity index is 0.000000375. The molecule has 0 radical (unpaired) electrons. The van der Waals surface area contributed by atoms with Gasteiger partial charge in [-0.15, -0.1) is 0 Å². The van der Waals surface area contributed by atoms with Gasteiger partial charge in [-0.25, -0.2) is 4.39 Å². The van der Waals surface area contributed by atoms with Gasteiger partial charge in [-0.2, -0.15) is 5.10 Å². The lowest BCUT2D eigenvalue weighted by Crippen LogP contribution is -2.22. The summed E-state index contributed by atoms with van der Waals surface area (Å²) in [6, 6.07) is 0. The van der Waals surface area contributed by atoms with E-state index >= 15 is 0 Å². The second-order valence-electron chi connectivity index (χ2n) is 14.5. The van der Waals surface area contributed by atoms with Crippen LogP contribution < -0.4 is 0 Å². The number of carbonyl (C=O) groups is 2. The Morgan fingerprint density at radius 3 is 1.81 bits per heavy atom. The van der Waals surface area contributed by atoms with Crippen molar-refractivity contribution < 1.29 is 14.0 Å². The normalized spacial score (nSPS) is 12.7. The van der Waals surface area contributed by atoms with E-state index in [9.17, 15) is 14.0 Å². The summed E-state index contributed by atoms with van der Waals surface area (Å²) in [5.41, 5.74) is 0.981. The highest BCUT2D eigenvalue weighted by molar-refractivity contribution is 6.00. The van der Waals surface area contributed by atoms with Gasteiger partial charge in [-0.05, 0) is 36.5 Å². The standard InChI is InChI=1S/C17H26FNO.C14H24N2O/c1-16(2,3)9-7-8-12-10-19-11-13(14(12)18)15(20)17(4,5)6;1-13(2,3)7-8-16-10-11(9-15-16)12(17)14(4,5)6/h10-11H,7-9H2,1-6H3;9-10H,7-8H2,1-6H3. The predicted octanol–water partition coefficient (Wildman–Crippen LogP) is 8.37. The van der Waals surface area contributed by atoms with Crippen molar-refractivity contribution >= 4 is 11.6 Å². The molecule has 0 spiro atoms. The van der Waals surface area contributed by atoms with Crippen LogP contribution in [0.5, 0.6) is 0 Å². The van der Waals surface area contributed by atoms with Gasteiger partial charge in [0.1, 0.15) is 5.82 Å². The van der Waals surface area contributed by atoms with E-state index in [-0.39, 0.29) is 28.0 Å². The Bertz CT molecular complexity index is 1040. The SMILES string of the molecule is CC(C)(C)CCCc1cncc(C(=O)C(C)(C)C)c1F.CC(C)(C)CCn1cc(C(=O)C(C)(C)C)cn1. The van der Waals surface area contributed by atoms with Crippen molar-refractivity contribution in [2.75, 3.05) is 0 Å². The Hall–Kier alpha value is -2.37. The van der Waals surface area contributed by atoms with Crippen LogP contribution >= 0.6 is 0 Å². The van der Waals surface area contributed by atoms with Gasteiger partial charge in [-0.1, -0.05) is 83.1 Å². The van der Waals surface area contributed by atoms with E-state index in [1.165, 1.54) is 12.4 Å². The van der Waals surface area contributed by atoms with Crippen molar-refractivity contribution in [2.45, 2.75) is 115 Å². The number of ketones is 2. The first-order chi connectivity index (χ1) is 16.6. The molecule has 0 aliphatic rings. The second kappa shape index (κ2) is 12.4. The lowest BCUT2D eigenvalue weighted by atomic mass is 9.86. The van der Waals surface area contributed by atoms with Crippen molar-refractivity contribution in [3.8, 4) is 0 Å². The van der Waals surface area contributed by atoms with E-state index in [1.807, 2.05) is 31.6 Å². The quantitative estimate of drug-likeness (QED) is 0.347. The number of rotatable bonds is 7. The molecule has 0 fully saturated rings. The summed E-state index contributed by atoms with van der Waals surface area (Å²) < 4.78 is 16.3. The number of hydrogen-bond donors (Lipinski definition) is 0. The molecule has 0 amide bonds. The number of aromatic nitrogens is 3. The van der Waals surface area contributed by atoms with Gasteiger partial charge in [0, 0.05) is 41.5 Å². The maximum Gasteiger partial charge on any atom is 0.172 e. The fourth-order valence-corrected chi connectivity index (χ4v) is 3.52. The van der Waals surface area contributed by atoms with Gasteiger partial charge < -0.3 is 0 Å². The molecule has 0 aliphatic carbocycles. The van der Waals surface area contributed by atoms with E-state index in [2.05, 4.69) is 51.6 Å². The first kappa shape index (κ1) is 32.7. The molecule has 0 aromatic carbocycles. The third-order valence-electron chi connectivity index (χ3n) is 5.92. The van der Waals surface area contributed by atoms with Crippen LogP contribution in [0.1, 0.15) is 129 Å². The van der Waals surface area contributed by atoms with Crippen LogP contribution in [-0.4, -0.2) is 26.3 Å². The summed E-state index contributed by atoms with van der Waals surface area (Å²) in [4.78, 5) is 28.3. The molecule has 0 bridgehead atoms. The number of Topliss-reactive ketones (excluding diaryl/α,β-unsaturated/α-hetero) is 2. The molecule has 5 nitrogen and oxygen atoms in total. The van der Waals surface area contributed by atoms with E-state index in [0.717, 1.165) is 25.8 Å².